The van der Waals surface area contributed by atoms with Crippen LogP contribution in [0.1, 0.15) is 45.4 Å². The van der Waals surface area contributed by atoms with Gasteiger partial charge in [0.05, 0.1) is 5.41 Å². The Morgan fingerprint density at radius 1 is 1.33 bits per heavy atom. The van der Waals surface area contributed by atoms with Crippen molar-refractivity contribution in [2.45, 2.75) is 45.4 Å². The Kier molecular flexibility index (Phi) is 4.12. The second-order valence-electron chi connectivity index (χ2n) is 4.32. The fourth-order valence-electron chi connectivity index (χ4n) is 2.10. The van der Waals surface area contributed by atoms with Crippen molar-refractivity contribution in [2.24, 2.45) is 5.41 Å². The molecule has 1 fully saturated rings. The number of hydrogen-bond donors (Lipinski definition) is 2. The van der Waals surface area contributed by atoms with Crippen LogP contribution >= 0.6 is 0 Å². The lowest BCUT2D eigenvalue weighted by Crippen LogP contribution is -2.41. The number of carbonyl (C=O) groups is 2. The second kappa shape index (κ2) is 5.14. The highest BCUT2D eigenvalue weighted by molar-refractivity contribution is 5.79. The van der Waals surface area contributed by atoms with E-state index in [4.69, 9.17) is 5.11 Å². The third-order valence-corrected chi connectivity index (χ3v) is 3.12. The molecule has 4 nitrogen and oxygen atoms in total. The van der Waals surface area contributed by atoms with E-state index < -0.39 is 11.4 Å². The van der Waals surface area contributed by atoms with Gasteiger partial charge in [-0.1, -0.05) is 19.8 Å². The van der Waals surface area contributed by atoms with Crippen molar-refractivity contribution in [3.05, 3.63) is 0 Å². The summed E-state index contributed by atoms with van der Waals surface area (Å²) in [7, 11) is 0. The molecule has 15 heavy (non-hydrogen) atoms. The molecule has 0 aromatic rings. The average Bonchev–Trinajstić information content (AvgIpc) is 2.65. The van der Waals surface area contributed by atoms with Crippen molar-refractivity contribution in [1.29, 1.82) is 0 Å². The maximum Gasteiger partial charge on any atom is 0.311 e. The average molecular weight is 213 g/mol. The molecule has 0 aromatic carbocycles. The van der Waals surface area contributed by atoms with E-state index in [1.807, 2.05) is 6.92 Å². The van der Waals surface area contributed by atoms with Crippen LogP contribution in [0, 0.1) is 5.41 Å². The highest BCUT2D eigenvalue weighted by Gasteiger charge is 2.41. The Balaban J connectivity index is 2.46. The van der Waals surface area contributed by atoms with Crippen molar-refractivity contribution in [3.8, 4) is 0 Å². The zero-order valence-corrected chi connectivity index (χ0v) is 9.21. The van der Waals surface area contributed by atoms with Crippen molar-refractivity contribution >= 4 is 11.9 Å². The summed E-state index contributed by atoms with van der Waals surface area (Å²) in [6, 6.07) is 0. The lowest BCUT2D eigenvalue weighted by molar-refractivity contribution is -0.148. The number of aliphatic carboxylic acids is 1. The number of carbonyl (C=O) groups excluding carboxylic acids is 1. The topological polar surface area (TPSA) is 66.4 Å². The summed E-state index contributed by atoms with van der Waals surface area (Å²) in [4.78, 5) is 22.4. The van der Waals surface area contributed by atoms with E-state index in [1.165, 1.54) is 0 Å². The van der Waals surface area contributed by atoms with E-state index >= 15 is 0 Å². The van der Waals surface area contributed by atoms with Crippen LogP contribution in [0.2, 0.25) is 0 Å². The first kappa shape index (κ1) is 12.0. The van der Waals surface area contributed by atoms with Crippen LogP contribution in [-0.2, 0) is 9.59 Å². The third kappa shape index (κ3) is 2.94. The first-order chi connectivity index (χ1) is 7.10. The van der Waals surface area contributed by atoms with Gasteiger partial charge in [-0.2, -0.15) is 0 Å². The van der Waals surface area contributed by atoms with Crippen LogP contribution in [-0.4, -0.2) is 23.5 Å². The molecule has 4 heteroatoms. The maximum absolute atomic E-state index is 11.3. The Hall–Kier alpha value is -1.06. The Morgan fingerprint density at radius 3 is 2.40 bits per heavy atom. The number of hydrogen-bond acceptors (Lipinski definition) is 2. The first-order valence-electron chi connectivity index (χ1n) is 5.61. The molecule has 0 heterocycles. The fraction of sp³-hybridized carbons (Fsp3) is 0.818. The standard InChI is InChI=1S/C11H19NO3/c1-2-5-9(13)12-8-11(10(14)15)6-3-4-7-11/h2-8H2,1H3,(H,12,13)(H,14,15). The van der Waals surface area contributed by atoms with Gasteiger partial charge in [0, 0.05) is 13.0 Å². The summed E-state index contributed by atoms with van der Waals surface area (Å²) in [5.41, 5.74) is -0.691. The largest absolute Gasteiger partial charge is 0.481 e. The van der Waals surface area contributed by atoms with Crippen LogP contribution in [0.25, 0.3) is 0 Å². The van der Waals surface area contributed by atoms with Gasteiger partial charge in [0.25, 0.3) is 0 Å². The molecule has 0 aromatic heterocycles. The van der Waals surface area contributed by atoms with E-state index in [0.29, 0.717) is 25.8 Å². The Bertz CT molecular complexity index is 244. The number of carboxylic acids is 1. The summed E-state index contributed by atoms with van der Waals surface area (Å²) in [5.74, 6) is -0.804. The number of rotatable bonds is 5. The summed E-state index contributed by atoms with van der Waals surface area (Å²) in [6.45, 7) is 2.23. The molecule has 1 saturated carbocycles. The van der Waals surface area contributed by atoms with Crippen molar-refractivity contribution < 1.29 is 14.7 Å². The minimum Gasteiger partial charge on any atom is -0.481 e. The minimum atomic E-state index is -0.767. The minimum absolute atomic E-state index is 0.0370. The molecule has 0 spiro atoms. The first-order valence-corrected chi connectivity index (χ1v) is 5.61. The fourth-order valence-corrected chi connectivity index (χ4v) is 2.10. The van der Waals surface area contributed by atoms with Gasteiger partial charge < -0.3 is 10.4 Å². The normalized spacial score (nSPS) is 18.7. The summed E-state index contributed by atoms with van der Waals surface area (Å²) in [5, 5.41) is 11.9. The summed E-state index contributed by atoms with van der Waals surface area (Å²) in [6.07, 6.45) is 4.57. The highest BCUT2D eigenvalue weighted by Crippen LogP contribution is 2.37. The lowest BCUT2D eigenvalue weighted by atomic mass is 9.86. The van der Waals surface area contributed by atoms with Gasteiger partial charge >= 0.3 is 5.97 Å². The molecule has 1 amide bonds. The SMILES string of the molecule is CCCC(=O)NCC1(C(=O)O)CCCC1. The summed E-state index contributed by atoms with van der Waals surface area (Å²) >= 11 is 0. The molecule has 86 valence electrons. The summed E-state index contributed by atoms with van der Waals surface area (Å²) < 4.78 is 0. The van der Waals surface area contributed by atoms with Gasteiger partial charge in [0.1, 0.15) is 0 Å². The molecule has 0 unspecified atom stereocenters. The van der Waals surface area contributed by atoms with Crippen molar-refractivity contribution in [1.82, 2.24) is 5.32 Å². The predicted molar refractivity (Wildman–Crippen MR) is 56.5 cm³/mol. The van der Waals surface area contributed by atoms with Gasteiger partial charge in [-0.15, -0.1) is 0 Å². The quantitative estimate of drug-likeness (QED) is 0.728. The molecular formula is C11H19NO3. The predicted octanol–water partition coefficient (Wildman–Crippen LogP) is 1.55. The van der Waals surface area contributed by atoms with E-state index in [0.717, 1.165) is 19.3 Å². The molecule has 1 aliphatic carbocycles. The van der Waals surface area contributed by atoms with E-state index in [9.17, 15) is 9.59 Å². The van der Waals surface area contributed by atoms with E-state index in [2.05, 4.69) is 5.32 Å². The van der Waals surface area contributed by atoms with Gasteiger partial charge in [0.2, 0.25) is 5.91 Å². The molecule has 2 N–H and O–H groups in total. The molecule has 0 bridgehead atoms. The van der Waals surface area contributed by atoms with E-state index in [-0.39, 0.29) is 5.91 Å². The zero-order chi connectivity index (χ0) is 11.3. The van der Waals surface area contributed by atoms with Gasteiger partial charge in [-0.3, -0.25) is 9.59 Å². The van der Waals surface area contributed by atoms with Crippen LogP contribution < -0.4 is 5.32 Å². The lowest BCUT2D eigenvalue weighted by Gasteiger charge is -2.23. The number of nitrogens with one attached hydrogen (secondary N) is 1. The smallest absolute Gasteiger partial charge is 0.311 e. The van der Waals surface area contributed by atoms with Crippen LogP contribution in [0.5, 0.6) is 0 Å². The van der Waals surface area contributed by atoms with E-state index in [1.54, 1.807) is 0 Å². The molecule has 0 aliphatic heterocycles. The monoisotopic (exact) mass is 213 g/mol. The number of carboxylic acid groups (broad SMARTS) is 1. The Morgan fingerprint density at radius 2 is 1.93 bits per heavy atom. The number of amides is 1. The molecule has 0 saturated heterocycles. The van der Waals surface area contributed by atoms with Crippen LogP contribution in [0.15, 0.2) is 0 Å². The molecule has 1 aliphatic rings. The van der Waals surface area contributed by atoms with Gasteiger partial charge in [-0.05, 0) is 19.3 Å². The maximum atomic E-state index is 11.3. The van der Waals surface area contributed by atoms with Crippen LogP contribution in [0.4, 0.5) is 0 Å². The third-order valence-electron chi connectivity index (χ3n) is 3.12. The van der Waals surface area contributed by atoms with Gasteiger partial charge in [0.15, 0.2) is 0 Å². The van der Waals surface area contributed by atoms with Crippen LogP contribution in [0.3, 0.4) is 0 Å². The van der Waals surface area contributed by atoms with Crippen molar-refractivity contribution in [2.75, 3.05) is 6.54 Å². The second-order valence-corrected chi connectivity index (χ2v) is 4.32. The zero-order valence-electron chi connectivity index (χ0n) is 9.21. The molecule has 0 atom stereocenters. The molecule has 0 radical (unpaired) electrons. The Labute approximate surface area is 90.0 Å². The molecule has 1 rings (SSSR count). The van der Waals surface area contributed by atoms with Gasteiger partial charge in [-0.25, -0.2) is 0 Å². The highest BCUT2D eigenvalue weighted by atomic mass is 16.4. The van der Waals surface area contributed by atoms with Crippen molar-refractivity contribution in [3.63, 3.8) is 0 Å². The molecular weight excluding hydrogens is 194 g/mol.